The van der Waals surface area contributed by atoms with Crippen LogP contribution in [0.1, 0.15) is 6.92 Å². The highest BCUT2D eigenvalue weighted by Gasteiger charge is 2.03. The number of rotatable bonds is 4. The van der Waals surface area contributed by atoms with Crippen molar-refractivity contribution in [3.05, 3.63) is 36.9 Å². The number of pyridine rings is 1. The number of imidazole rings is 1. The van der Waals surface area contributed by atoms with Gasteiger partial charge in [-0.25, -0.2) is 9.97 Å². The van der Waals surface area contributed by atoms with Gasteiger partial charge in [0.2, 0.25) is 0 Å². The highest BCUT2D eigenvalue weighted by atomic mass is 15.1. The minimum absolute atomic E-state index is 0.267. The first-order valence-electron chi connectivity index (χ1n) is 5.19. The van der Waals surface area contributed by atoms with E-state index in [1.54, 1.807) is 18.6 Å². The van der Waals surface area contributed by atoms with E-state index in [2.05, 4.69) is 22.2 Å². The van der Waals surface area contributed by atoms with Crippen LogP contribution in [-0.2, 0) is 6.54 Å². The second kappa shape index (κ2) is 4.65. The van der Waals surface area contributed by atoms with Crippen molar-refractivity contribution in [1.82, 2.24) is 14.5 Å². The van der Waals surface area contributed by atoms with Crippen molar-refractivity contribution < 1.29 is 0 Å². The molecule has 0 amide bonds. The summed E-state index contributed by atoms with van der Waals surface area (Å²) in [5.41, 5.74) is 5.60. The molecule has 84 valence electrons. The van der Waals surface area contributed by atoms with Gasteiger partial charge in [-0.1, -0.05) is 6.07 Å². The van der Waals surface area contributed by atoms with Gasteiger partial charge >= 0.3 is 0 Å². The van der Waals surface area contributed by atoms with Crippen molar-refractivity contribution in [1.29, 1.82) is 0 Å². The van der Waals surface area contributed by atoms with Crippen LogP contribution in [0.5, 0.6) is 0 Å². The lowest BCUT2D eigenvalue weighted by Crippen LogP contribution is -2.21. The molecule has 1 atom stereocenters. The molecule has 2 aromatic rings. The summed E-state index contributed by atoms with van der Waals surface area (Å²) in [4.78, 5) is 8.18. The van der Waals surface area contributed by atoms with Crippen LogP contribution in [0, 0.1) is 0 Å². The first-order chi connectivity index (χ1) is 7.74. The normalized spacial score (nSPS) is 12.3. The highest BCUT2D eigenvalue weighted by molar-refractivity contribution is 5.42. The standard InChI is InChI=1S/C11H15N5/c1-9(7-16-6-5-13-8-16)14-11-4-2-3-10(12)15-11/h2-6,8-9H,7H2,1H3,(H3,12,14,15). The molecule has 5 nitrogen and oxygen atoms in total. The Labute approximate surface area is 94.3 Å². The third kappa shape index (κ3) is 2.73. The Morgan fingerprint density at radius 1 is 1.50 bits per heavy atom. The molecular formula is C11H15N5. The van der Waals surface area contributed by atoms with E-state index >= 15 is 0 Å². The molecule has 0 bridgehead atoms. The molecule has 0 saturated carbocycles. The molecule has 3 N–H and O–H groups in total. The summed E-state index contributed by atoms with van der Waals surface area (Å²) in [6.07, 6.45) is 5.50. The van der Waals surface area contributed by atoms with E-state index in [4.69, 9.17) is 5.73 Å². The van der Waals surface area contributed by atoms with Gasteiger partial charge in [0.25, 0.3) is 0 Å². The summed E-state index contributed by atoms with van der Waals surface area (Å²) < 4.78 is 2.02. The van der Waals surface area contributed by atoms with Gasteiger partial charge in [0.1, 0.15) is 11.6 Å². The lowest BCUT2D eigenvalue weighted by atomic mass is 10.3. The third-order valence-corrected chi connectivity index (χ3v) is 2.21. The van der Waals surface area contributed by atoms with Crippen molar-refractivity contribution in [3.63, 3.8) is 0 Å². The number of nitrogens with two attached hydrogens (primary N) is 1. The van der Waals surface area contributed by atoms with E-state index in [1.807, 2.05) is 22.9 Å². The Balaban J connectivity index is 1.94. The summed E-state index contributed by atoms with van der Waals surface area (Å²) in [7, 11) is 0. The third-order valence-electron chi connectivity index (χ3n) is 2.21. The molecular weight excluding hydrogens is 202 g/mol. The molecule has 0 aromatic carbocycles. The van der Waals surface area contributed by atoms with E-state index in [0.29, 0.717) is 5.82 Å². The summed E-state index contributed by atoms with van der Waals surface area (Å²) in [6.45, 7) is 2.93. The zero-order valence-corrected chi connectivity index (χ0v) is 9.17. The van der Waals surface area contributed by atoms with Gasteiger partial charge < -0.3 is 15.6 Å². The molecule has 0 aliphatic rings. The number of anilines is 2. The van der Waals surface area contributed by atoms with Gasteiger partial charge in [0.15, 0.2) is 0 Å². The maximum atomic E-state index is 5.60. The fourth-order valence-electron chi connectivity index (χ4n) is 1.54. The van der Waals surface area contributed by atoms with E-state index in [9.17, 15) is 0 Å². The van der Waals surface area contributed by atoms with Crippen molar-refractivity contribution in [2.24, 2.45) is 0 Å². The number of nitrogen functional groups attached to an aromatic ring is 1. The zero-order valence-electron chi connectivity index (χ0n) is 9.17. The Hall–Kier alpha value is -2.04. The highest BCUT2D eigenvalue weighted by Crippen LogP contribution is 2.08. The van der Waals surface area contributed by atoms with Crippen molar-refractivity contribution in [3.8, 4) is 0 Å². The van der Waals surface area contributed by atoms with Crippen LogP contribution in [0.3, 0.4) is 0 Å². The van der Waals surface area contributed by atoms with Gasteiger partial charge in [0.05, 0.1) is 6.33 Å². The molecule has 1 unspecified atom stereocenters. The van der Waals surface area contributed by atoms with Crippen molar-refractivity contribution >= 4 is 11.6 Å². The van der Waals surface area contributed by atoms with E-state index in [-0.39, 0.29) is 6.04 Å². The smallest absolute Gasteiger partial charge is 0.128 e. The Bertz CT molecular complexity index is 437. The second-order valence-corrected chi connectivity index (χ2v) is 3.75. The van der Waals surface area contributed by atoms with E-state index in [0.717, 1.165) is 12.4 Å². The predicted octanol–water partition coefficient (Wildman–Crippen LogP) is 1.36. The zero-order chi connectivity index (χ0) is 11.4. The van der Waals surface area contributed by atoms with Crippen molar-refractivity contribution in [2.45, 2.75) is 19.5 Å². The summed E-state index contributed by atoms with van der Waals surface area (Å²) >= 11 is 0. The molecule has 0 radical (unpaired) electrons. The van der Waals surface area contributed by atoms with E-state index < -0.39 is 0 Å². The maximum Gasteiger partial charge on any atom is 0.128 e. The van der Waals surface area contributed by atoms with Gasteiger partial charge in [-0.05, 0) is 19.1 Å². The minimum Gasteiger partial charge on any atom is -0.384 e. The van der Waals surface area contributed by atoms with Crippen LogP contribution in [0.25, 0.3) is 0 Å². The van der Waals surface area contributed by atoms with Gasteiger partial charge in [-0.3, -0.25) is 0 Å². The van der Waals surface area contributed by atoms with Crippen LogP contribution in [0.4, 0.5) is 11.6 Å². The summed E-state index contributed by atoms with van der Waals surface area (Å²) in [5, 5.41) is 3.28. The molecule has 0 spiro atoms. The van der Waals surface area contributed by atoms with Crippen LogP contribution in [0.2, 0.25) is 0 Å². The first-order valence-corrected chi connectivity index (χ1v) is 5.19. The maximum absolute atomic E-state index is 5.60. The number of hydrogen-bond donors (Lipinski definition) is 2. The van der Waals surface area contributed by atoms with Crippen LogP contribution in [-0.4, -0.2) is 20.6 Å². The fourth-order valence-corrected chi connectivity index (χ4v) is 1.54. The van der Waals surface area contributed by atoms with Crippen molar-refractivity contribution in [2.75, 3.05) is 11.1 Å². The van der Waals surface area contributed by atoms with E-state index in [1.165, 1.54) is 0 Å². The van der Waals surface area contributed by atoms with Gasteiger partial charge in [-0.15, -0.1) is 0 Å². The van der Waals surface area contributed by atoms with Gasteiger partial charge in [0, 0.05) is 25.0 Å². The summed E-state index contributed by atoms with van der Waals surface area (Å²) in [6, 6.07) is 5.82. The molecule has 0 fully saturated rings. The Kier molecular flexibility index (Phi) is 3.05. The number of nitrogens with zero attached hydrogens (tertiary/aromatic N) is 3. The number of aromatic nitrogens is 3. The lowest BCUT2D eigenvalue weighted by Gasteiger charge is -2.15. The fraction of sp³-hybridized carbons (Fsp3) is 0.273. The quantitative estimate of drug-likeness (QED) is 0.811. The first kappa shape index (κ1) is 10.5. The molecule has 5 heteroatoms. The summed E-state index contributed by atoms with van der Waals surface area (Å²) in [5.74, 6) is 1.33. The Morgan fingerprint density at radius 3 is 3.06 bits per heavy atom. The molecule has 0 aliphatic heterocycles. The van der Waals surface area contributed by atoms with Crippen LogP contribution in [0.15, 0.2) is 36.9 Å². The molecule has 0 saturated heterocycles. The average molecular weight is 217 g/mol. The molecule has 16 heavy (non-hydrogen) atoms. The largest absolute Gasteiger partial charge is 0.384 e. The van der Waals surface area contributed by atoms with Gasteiger partial charge in [-0.2, -0.15) is 0 Å². The van der Waals surface area contributed by atoms with Crippen LogP contribution < -0.4 is 11.1 Å². The molecule has 2 aromatic heterocycles. The molecule has 0 aliphatic carbocycles. The lowest BCUT2D eigenvalue weighted by molar-refractivity contribution is 0.617. The average Bonchev–Trinajstić information content (AvgIpc) is 2.70. The second-order valence-electron chi connectivity index (χ2n) is 3.75. The number of hydrogen-bond acceptors (Lipinski definition) is 4. The SMILES string of the molecule is CC(Cn1ccnc1)Nc1cccc(N)n1. The number of nitrogens with one attached hydrogen (secondary N) is 1. The topological polar surface area (TPSA) is 68.8 Å². The molecule has 2 rings (SSSR count). The van der Waals surface area contributed by atoms with Crippen LogP contribution >= 0.6 is 0 Å². The monoisotopic (exact) mass is 217 g/mol. The molecule has 2 heterocycles. The Morgan fingerprint density at radius 2 is 2.38 bits per heavy atom. The predicted molar refractivity (Wildman–Crippen MR) is 64.0 cm³/mol. The minimum atomic E-state index is 0.267.